The van der Waals surface area contributed by atoms with Crippen molar-refractivity contribution in [2.24, 2.45) is 0 Å². The van der Waals surface area contributed by atoms with E-state index in [9.17, 15) is 13.2 Å². The molecule has 0 fully saturated rings. The third kappa shape index (κ3) is 1.46. The molecule has 0 atom stereocenters. The summed E-state index contributed by atoms with van der Waals surface area (Å²) in [5.41, 5.74) is 8.84. The fourth-order valence-corrected chi connectivity index (χ4v) is 3.34. The number of hydrogen-bond donors (Lipinski definition) is 1. The first-order chi connectivity index (χ1) is 8.00. The minimum Gasteiger partial charge on any atom is -0.398 e. The Hall–Kier alpha value is -1.19. The van der Waals surface area contributed by atoms with Gasteiger partial charge in [-0.15, -0.1) is 0 Å². The Morgan fingerprint density at radius 2 is 1.18 bits per heavy atom. The standard InChI is InChI=1S/C13H14F3N/c14-13(15,16)11-7-3-1-5-9(7)12(17)10-6-2-4-8(10)11/h1-6,17H2. The van der Waals surface area contributed by atoms with Gasteiger partial charge < -0.3 is 5.73 Å². The van der Waals surface area contributed by atoms with Gasteiger partial charge >= 0.3 is 6.18 Å². The van der Waals surface area contributed by atoms with Crippen LogP contribution in [0, 0.1) is 0 Å². The van der Waals surface area contributed by atoms with Crippen LogP contribution in [-0.4, -0.2) is 0 Å². The molecule has 0 radical (unpaired) electrons. The van der Waals surface area contributed by atoms with Crippen LogP contribution in [-0.2, 0) is 31.9 Å². The lowest BCUT2D eigenvalue weighted by Crippen LogP contribution is -2.15. The molecular weight excluding hydrogens is 227 g/mol. The van der Waals surface area contributed by atoms with Gasteiger partial charge in [-0.3, -0.25) is 0 Å². The molecule has 1 aromatic rings. The van der Waals surface area contributed by atoms with Crippen molar-refractivity contribution in [1.82, 2.24) is 0 Å². The number of anilines is 1. The Labute approximate surface area is 97.8 Å². The average molecular weight is 241 g/mol. The molecule has 2 aliphatic carbocycles. The average Bonchev–Trinajstić information content (AvgIpc) is 2.83. The molecule has 0 amide bonds. The van der Waals surface area contributed by atoms with Crippen LogP contribution in [0.15, 0.2) is 0 Å². The zero-order chi connectivity index (χ0) is 12.2. The fraction of sp³-hybridized carbons (Fsp3) is 0.538. The summed E-state index contributed by atoms with van der Waals surface area (Å²) in [6.07, 6.45) is -0.161. The summed E-state index contributed by atoms with van der Waals surface area (Å²) in [6, 6.07) is 0. The second-order valence-corrected chi connectivity index (χ2v) is 4.91. The van der Waals surface area contributed by atoms with Crippen LogP contribution in [0.3, 0.4) is 0 Å². The lowest BCUT2D eigenvalue weighted by atomic mass is 9.92. The highest BCUT2D eigenvalue weighted by Crippen LogP contribution is 2.46. The largest absolute Gasteiger partial charge is 0.416 e. The summed E-state index contributed by atoms with van der Waals surface area (Å²) in [5.74, 6) is 0. The van der Waals surface area contributed by atoms with E-state index in [1.165, 1.54) is 0 Å². The molecule has 0 heterocycles. The Morgan fingerprint density at radius 1 is 0.765 bits per heavy atom. The van der Waals surface area contributed by atoms with Crippen LogP contribution in [0.2, 0.25) is 0 Å². The quantitative estimate of drug-likeness (QED) is 0.693. The van der Waals surface area contributed by atoms with Gasteiger partial charge in [0.25, 0.3) is 0 Å². The number of nitrogen functional groups attached to an aromatic ring is 1. The SMILES string of the molecule is Nc1c2c(c(C(F)(F)F)c3c1CCC3)CCC2. The number of halogens is 3. The molecular formula is C13H14F3N. The van der Waals surface area contributed by atoms with Crippen molar-refractivity contribution in [3.05, 3.63) is 27.8 Å². The van der Waals surface area contributed by atoms with Crippen molar-refractivity contribution in [3.8, 4) is 0 Å². The third-order valence-electron chi connectivity index (χ3n) is 3.97. The molecule has 0 bridgehead atoms. The first-order valence-electron chi connectivity index (χ1n) is 6.02. The van der Waals surface area contributed by atoms with Crippen molar-refractivity contribution in [2.45, 2.75) is 44.7 Å². The monoisotopic (exact) mass is 241 g/mol. The number of hydrogen-bond acceptors (Lipinski definition) is 1. The molecule has 0 saturated heterocycles. The number of fused-ring (bicyclic) bond motifs is 2. The second kappa shape index (κ2) is 3.40. The lowest BCUT2D eigenvalue weighted by molar-refractivity contribution is -0.138. The summed E-state index contributed by atoms with van der Waals surface area (Å²) < 4.78 is 39.6. The third-order valence-corrected chi connectivity index (χ3v) is 3.97. The molecule has 17 heavy (non-hydrogen) atoms. The molecule has 92 valence electrons. The van der Waals surface area contributed by atoms with Crippen LogP contribution in [0.5, 0.6) is 0 Å². The zero-order valence-electron chi connectivity index (χ0n) is 9.45. The van der Waals surface area contributed by atoms with Gasteiger partial charge in [0.15, 0.2) is 0 Å². The molecule has 0 spiro atoms. The second-order valence-electron chi connectivity index (χ2n) is 4.91. The summed E-state index contributed by atoms with van der Waals surface area (Å²) >= 11 is 0. The van der Waals surface area contributed by atoms with Gasteiger partial charge in [-0.25, -0.2) is 0 Å². The predicted molar refractivity (Wildman–Crippen MR) is 59.9 cm³/mol. The molecule has 1 nitrogen and oxygen atoms in total. The Balaban J connectivity index is 2.34. The van der Waals surface area contributed by atoms with Crippen LogP contribution < -0.4 is 5.73 Å². The molecule has 0 aromatic heterocycles. The van der Waals surface area contributed by atoms with E-state index in [2.05, 4.69) is 0 Å². The minimum atomic E-state index is -4.23. The minimum absolute atomic E-state index is 0.355. The molecule has 0 saturated carbocycles. The Morgan fingerprint density at radius 3 is 1.59 bits per heavy atom. The van der Waals surface area contributed by atoms with Gasteiger partial charge in [-0.1, -0.05) is 0 Å². The molecule has 3 rings (SSSR count). The van der Waals surface area contributed by atoms with Gasteiger partial charge in [0.05, 0.1) is 5.56 Å². The fourth-order valence-electron chi connectivity index (χ4n) is 3.34. The predicted octanol–water partition coefficient (Wildman–Crippen LogP) is 3.27. The first-order valence-corrected chi connectivity index (χ1v) is 6.02. The van der Waals surface area contributed by atoms with E-state index in [1.807, 2.05) is 0 Å². The van der Waals surface area contributed by atoms with Gasteiger partial charge in [0.2, 0.25) is 0 Å². The Bertz CT molecular complexity index is 453. The van der Waals surface area contributed by atoms with Crippen LogP contribution in [0.1, 0.15) is 40.7 Å². The molecule has 4 heteroatoms. The van der Waals surface area contributed by atoms with E-state index in [-0.39, 0.29) is 5.56 Å². The molecule has 0 aliphatic heterocycles. The number of alkyl halides is 3. The lowest BCUT2D eigenvalue weighted by Gasteiger charge is -2.19. The van der Waals surface area contributed by atoms with E-state index >= 15 is 0 Å². The van der Waals surface area contributed by atoms with Crippen LogP contribution >= 0.6 is 0 Å². The number of nitrogens with two attached hydrogens (primary N) is 1. The maximum Gasteiger partial charge on any atom is 0.416 e. The van der Waals surface area contributed by atoms with Crippen molar-refractivity contribution in [2.75, 3.05) is 5.73 Å². The topological polar surface area (TPSA) is 26.0 Å². The van der Waals surface area contributed by atoms with Crippen molar-refractivity contribution in [3.63, 3.8) is 0 Å². The van der Waals surface area contributed by atoms with Crippen molar-refractivity contribution >= 4 is 5.69 Å². The summed E-state index contributed by atoms with van der Waals surface area (Å²) in [5, 5.41) is 0. The van der Waals surface area contributed by atoms with Gasteiger partial charge in [-0.05, 0) is 60.8 Å². The van der Waals surface area contributed by atoms with Crippen molar-refractivity contribution < 1.29 is 13.2 Å². The zero-order valence-corrected chi connectivity index (χ0v) is 9.45. The van der Waals surface area contributed by atoms with E-state index in [0.29, 0.717) is 42.5 Å². The molecule has 2 aliphatic rings. The molecule has 1 aromatic carbocycles. The molecule has 0 unspecified atom stereocenters. The maximum absolute atomic E-state index is 13.2. The first kappa shape index (κ1) is 10.9. The molecule has 2 N–H and O–H groups in total. The number of benzene rings is 1. The van der Waals surface area contributed by atoms with Gasteiger partial charge in [-0.2, -0.15) is 13.2 Å². The van der Waals surface area contributed by atoms with E-state index < -0.39 is 6.18 Å². The van der Waals surface area contributed by atoms with Gasteiger partial charge in [0.1, 0.15) is 0 Å². The summed E-state index contributed by atoms with van der Waals surface area (Å²) in [6.45, 7) is 0. The highest BCUT2D eigenvalue weighted by molar-refractivity contribution is 5.66. The van der Waals surface area contributed by atoms with E-state index in [0.717, 1.165) is 24.0 Å². The maximum atomic E-state index is 13.2. The number of rotatable bonds is 0. The van der Waals surface area contributed by atoms with Crippen LogP contribution in [0.25, 0.3) is 0 Å². The smallest absolute Gasteiger partial charge is 0.398 e. The van der Waals surface area contributed by atoms with Crippen molar-refractivity contribution in [1.29, 1.82) is 0 Å². The van der Waals surface area contributed by atoms with E-state index in [4.69, 9.17) is 5.73 Å². The highest BCUT2D eigenvalue weighted by Gasteiger charge is 2.41. The normalized spacial score (nSPS) is 18.3. The van der Waals surface area contributed by atoms with Crippen LogP contribution in [0.4, 0.5) is 18.9 Å². The highest BCUT2D eigenvalue weighted by atomic mass is 19.4. The summed E-state index contributed by atoms with van der Waals surface area (Å²) in [4.78, 5) is 0. The van der Waals surface area contributed by atoms with Gasteiger partial charge in [0, 0.05) is 5.69 Å². The summed E-state index contributed by atoms with van der Waals surface area (Å²) in [7, 11) is 0. The van der Waals surface area contributed by atoms with E-state index in [1.54, 1.807) is 0 Å². The Kier molecular flexibility index (Phi) is 2.19.